The molecule has 4 atom stereocenters. The number of benzene rings is 1. The van der Waals surface area contributed by atoms with Gasteiger partial charge >= 0.3 is 5.97 Å². The van der Waals surface area contributed by atoms with E-state index in [0.717, 1.165) is 36.7 Å². The quantitative estimate of drug-likeness (QED) is 0.196. The molecule has 3 unspecified atom stereocenters. The lowest BCUT2D eigenvalue weighted by atomic mass is 9.92. The van der Waals surface area contributed by atoms with Crippen LogP contribution in [0.25, 0.3) is 0 Å². The highest BCUT2D eigenvalue weighted by Crippen LogP contribution is 2.51. The Morgan fingerprint density at radius 3 is 2.31 bits per heavy atom. The van der Waals surface area contributed by atoms with E-state index in [2.05, 4.69) is 45.3 Å². The maximum Gasteiger partial charge on any atom is 0.349 e. The third-order valence-electron chi connectivity index (χ3n) is 8.56. The molecule has 4 nitrogen and oxygen atoms in total. The van der Waals surface area contributed by atoms with E-state index >= 15 is 0 Å². The molecule has 0 saturated heterocycles. The van der Waals surface area contributed by atoms with Crippen molar-refractivity contribution >= 4 is 28.6 Å². The number of quaternary nitrogens is 1. The minimum Gasteiger partial charge on any atom is -0.459 e. The zero-order chi connectivity index (χ0) is 25.3. The number of unbranched alkanes of at least 4 members (excludes halogenated alkanes) is 1. The Hall–Kier alpha value is -1.99. The highest BCUT2D eigenvalue weighted by molar-refractivity contribution is 7.12. The van der Waals surface area contributed by atoms with E-state index in [1.54, 1.807) is 0 Å². The number of aliphatic hydroxyl groups is 1. The van der Waals surface area contributed by atoms with Gasteiger partial charge in [0.2, 0.25) is 5.60 Å². The third kappa shape index (κ3) is 4.93. The first kappa shape index (κ1) is 25.7. The molecular weight excluding hydrogens is 486 g/mol. The van der Waals surface area contributed by atoms with Crippen molar-refractivity contribution < 1.29 is 19.1 Å². The number of carbonyl (C=O) groups excluding carboxylic acids is 1. The topological polar surface area (TPSA) is 46.5 Å². The summed E-state index contributed by atoms with van der Waals surface area (Å²) in [6, 6.07) is 16.8. The van der Waals surface area contributed by atoms with Gasteiger partial charge in [0.25, 0.3) is 0 Å². The molecule has 1 aromatic carbocycles. The molecule has 2 aliphatic rings. The van der Waals surface area contributed by atoms with E-state index in [4.69, 9.17) is 4.74 Å². The lowest BCUT2D eigenvalue weighted by Gasteiger charge is -2.40. The zero-order valence-corrected chi connectivity index (χ0v) is 23.2. The smallest absolute Gasteiger partial charge is 0.349 e. The summed E-state index contributed by atoms with van der Waals surface area (Å²) in [5.41, 5.74) is 1.01. The maximum absolute atomic E-state index is 13.6. The molecule has 1 N–H and O–H groups in total. The summed E-state index contributed by atoms with van der Waals surface area (Å²) in [5, 5.41) is 15.5. The summed E-state index contributed by atoms with van der Waals surface area (Å²) in [7, 11) is 4.70. The number of hydrogen-bond donors (Lipinski definition) is 1. The van der Waals surface area contributed by atoms with Crippen molar-refractivity contribution in [3.63, 3.8) is 0 Å². The van der Waals surface area contributed by atoms with Crippen molar-refractivity contribution in [1.29, 1.82) is 0 Å². The molecule has 2 saturated carbocycles. The molecule has 6 heteroatoms. The normalized spacial score (nSPS) is 23.8. The zero-order valence-electron chi connectivity index (χ0n) is 21.6. The number of ether oxygens (including phenoxy) is 1. The fourth-order valence-corrected chi connectivity index (χ4v) is 8.20. The van der Waals surface area contributed by atoms with E-state index in [-0.39, 0.29) is 6.10 Å². The fourth-order valence-electron chi connectivity index (χ4n) is 6.49. The first-order valence-corrected chi connectivity index (χ1v) is 14.9. The standard InChI is InChI=1S/C30H38NO3S2/c1-21-11-13-22(14-12-21)8-4-5-17-31(2,3)25-20-23-15-16-24(25)28(23)34-29(32)30(33,26-9-6-18-35-26)27-10-7-19-36-27/h6-7,9-14,18-19,23-25,28,33H,4-5,8,15-17,20H2,1-3H3/q+1/t23?,24?,25-,28?/m0/s1. The number of nitrogens with zero attached hydrogens (tertiary/aromatic N) is 1. The number of aryl methyl sites for hydroxylation is 2. The Morgan fingerprint density at radius 2 is 1.69 bits per heavy atom. The van der Waals surface area contributed by atoms with Crippen LogP contribution in [0.2, 0.25) is 0 Å². The Bertz CT molecular complexity index is 1100. The van der Waals surface area contributed by atoms with Crippen LogP contribution in [0.3, 0.4) is 0 Å². The van der Waals surface area contributed by atoms with Crippen LogP contribution in [0.4, 0.5) is 0 Å². The van der Waals surface area contributed by atoms with Gasteiger partial charge in [-0.1, -0.05) is 42.0 Å². The highest BCUT2D eigenvalue weighted by Gasteiger charge is 2.57. The molecule has 0 aliphatic heterocycles. The molecule has 0 radical (unpaired) electrons. The number of thiophene rings is 2. The van der Waals surface area contributed by atoms with Crippen LogP contribution >= 0.6 is 22.7 Å². The molecule has 3 aromatic rings. The highest BCUT2D eigenvalue weighted by atomic mass is 32.1. The van der Waals surface area contributed by atoms with Crippen LogP contribution in [0.1, 0.15) is 53.0 Å². The Labute approximate surface area is 223 Å². The molecule has 0 spiro atoms. The molecule has 2 aromatic heterocycles. The van der Waals surface area contributed by atoms with Crippen molar-refractivity contribution in [3.8, 4) is 0 Å². The lowest BCUT2D eigenvalue weighted by Crippen LogP contribution is -2.52. The van der Waals surface area contributed by atoms with Crippen molar-refractivity contribution in [2.75, 3.05) is 20.6 Å². The number of hydrogen-bond acceptors (Lipinski definition) is 5. The second-order valence-corrected chi connectivity index (χ2v) is 13.2. The van der Waals surface area contributed by atoms with Crippen molar-refractivity contribution in [2.24, 2.45) is 11.8 Å². The number of esters is 1. The summed E-state index contributed by atoms with van der Waals surface area (Å²) in [5.74, 6) is 0.241. The van der Waals surface area contributed by atoms with Crippen molar-refractivity contribution in [3.05, 3.63) is 80.2 Å². The molecule has 36 heavy (non-hydrogen) atoms. The van der Waals surface area contributed by atoms with Gasteiger partial charge in [0, 0.05) is 18.3 Å². The van der Waals surface area contributed by atoms with Gasteiger partial charge in [-0.15, -0.1) is 22.7 Å². The van der Waals surface area contributed by atoms with Crippen molar-refractivity contribution in [2.45, 2.75) is 63.2 Å². The second-order valence-electron chi connectivity index (χ2n) is 11.3. The van der Waals surface area contributed by atoms with Gasteiger partial charge in [0.15, 0.2) is 0 Å². The molecular formula is C30H38NO3S2+. The van der Waals surface area contributed by atoms with Gasteiger partial charge in [-0.2, -0.15) is 0 Å². The third-order valence-corrected chi connectivity index (χ3v) is 10.5. The molecule has 5 rings (SSSR count). The minimum atomic E-state index is -1.72. The van der Waals surface area contributed by atoms with Gasteiger partial charge in [-0.25, -0.2) is 4.79 Å². The van der Waals surface area contributed by atoms with E-state index in [1.807, 2.05) is 35.0 Å². The molecule has 192 valence electrons. The summed E-state index contributed by atoms with van der Waals surface area (Å²) < 4.78 is 7.22. The molecule has 2 fully saturated rings. The first-order valence-electron chi connectivity index (χ1n) is 13.2. The maximum atomic E-state index is 13.6. The van der Waals surface area contributed by atoms with Crippen LogP contribution in [-0.4, -0.2) is 48.3 Å². The van der Waals surface area contributed by atoms with E-state index in [9.17, 15) is 9.90 Å². The lowest BCUT2D eigenvalue weighted by molar-refractivity contribution is -0.918. The molecule has 2 bridgehead atoms. The van der Waals surface area contributed by atoms with Gasteiger partial charge < -0.3 is 14.3 Å². The first-order chi connectivity index (χ1) is 17.3. The average Bonchev–Trinajstić information content (AvgIpc) is 3.68. The van der Waals surface area contributed by atoms with Crippen LogP contribution in [-0.2, 0) is 21.6 Å². The summed E-state index contributed by atoms with van der Waals surface area (Å²) >= 11 is 2.80. The van der Waals surface area contributed by atoms with Crippen LogP contribution in [0.5, 0.6) is 0 Å². The molecule has 2 heterocycles. The SMILES string of the molecule is Cc1ccc(CCCC[N+](C)(C)[C@H]2CC3CCC2C3OC(=O)C(O)(c2cccs2)c2cccs2)cc1. The molecule has 0 amide bonds. The second kappa shape index (κ2) is 10.4. The van der Waals surface area contributed by atoms with Gasteiger partial charge in [0.1, 0.15) is 6.10 Å². The van der Waals surface area contributed by atoms with Gasteiger partial charge in [0.05, 0.1) is 36.4 Å². The van der Waals surface area contributed by atoms with E-state index in [1.165, 1.54) is 46.6 Å². The van der Waals surface area contributed by atoms with Crippen LogP contribution in [0, 0.1) is 18.8 Å². The van der Waals surface area contributed by atoms with Crippen molar-refractivity contribution in [1.82, 2.24) is 0 Å². The Morgan fingerprint density at radius 1 is 1.03 bits per heavy atom. The monoisotopic (exact) mass is 524 g/mol. The van der Waals surface area contributed by atoms with E-state index in [0.29, 0.717) is 27.6 Å². The van der Waals surface area contributed by atoms with Gasteiger partial charge in [-0.3, -0.25) is 0 Å². The number of fused-ring (bicyclic) bond motifs is 2. The fraction of sp³-hybridized carbons (Fsp3) is 0.500. The largest absolute Gasteiger partial charge is 0.459 e. The Kier molecular flexibility index (Phi) is 7.42. The summed E-state index contributed by atoms with van der Waals surface area (Å²) in [4.78, 5) is 14.8. The van der Waals surface area contributed by atoms with E-state index < -0.39 is 11.6 Å². The predicted octanol–water partition coefficient (Wildman–Crippen LogP) is 6.16. The van der Waals surface area contributed by atoms with Crippen LogP contribution in [0.15, 0.2) is 59.3 Å². The predicted molar refractivity (Wildman–Crippen MR) is 147 cm³/mol. The summed E-state index contributed by atoms with van der Waals surface area (Å²) in [6.45, 7) is 3.27. The number of rotatable bonds is 10. The van der Waals surface area contributed by atoms with Gasteiger partial charge in [-0.05, 0) is 67.5 Å². The Balaban J connectivity index is 1.22. The van der Waals surface area contributed by atoms with Crippen LogP contribution < -0.4 is 0 Å². The summed E-state index contributed by atoms with van der Waals surface area (Å²) in [6.07, 6.45) is 6.73. The number of carbonyl (C=O) groups is 1. The molecule has 2 aliphatic carbocycles. The minimum absolute atomic E-state index is 0.0982. The average molecular weight is 525 g/mol.